The molecule has 0 bridgehead atoms. The molecule has 2 aliphatic rings. The molecule has 1 amide bonds. The number of carbonyl (C=O) groups is 1. The van der Waals surface area contributed by atoms with Gasteiger partial charge in [-0.2, -0.15) is 0 Å². The molecular weight excluding hydrogens is 322 g/mol. The summed E-state index contributed by atoms with van der Waals surface area (Å²) in [6, 6.07) is 0.0543. The molecule has 0 radical (unpaired) electrons. The molecular formula is C17H23N5OS. The summed E-state index contributed by atoms with van der Waals surface area (Å²) in [6.45, 7) is 5.65. The van der Waals surface area contributed by atoms with E-state index in [9.17, 15) is 4.79 Å². The van der Waals surface area contributed by atoms with Gasteiger partial charge in [-0.1, -0.05) is 6.42 Å². The van der Waals surface area contributed by atoms with Gasteiger partial charge in [-0.05, 0) is 39.5 Å². The average Bonchev–Trinajstić information content (AvgIpc) is 3.22. The highest BCUT2D eigenvalue weighted by Gasteiger charge is 2.36. The van der Waals surface area contributed by atoms with Crippen LogP contribution < -0.4 is 0 Å². The van der Waals surface area contributed by atoms with Gasteiger partial charge in [0.15, 0.2) is 5.82 Å². The first-order chi connectivity index (χ1) is 11.6. The van der Waals surface area contributed by atoms with E-state index in [2.05, 4.69) is 19.7 Å². The van der Waals surface area contributed by atoms with E-state index in [4.69, 9.17) is 0 Å². The number of fused-ring (bicyclic) bond motifs is 1. The zero-order chi connectivity index (χ0) is 16.7. The van der Waals surface area contributed by atoms with Crippen molar-refractivity contribution in [3.63, 3.8) is 0 Å². The maximum atomic E-state index is 13.1. The third-order valence-electron chi connectivity index (χ3n) is 5.05. The smallest absolute Gasteiger partial charge is 0.266 e. The molecule has 2 aromatic heterocycles. The fourth-order valence-electron chi connectivity index (χ4n) is 3.89. The van der Waals surface area contributed by atoms with Gasteiger partial charge in [0.2, 0.25) is 0 Å². The normalized spacial score (nSPS) is 20.9. The summed E-state index contributed by atoms with van der Waals surface area (Å²) in [4.78, 5) is 20.2. The molecule has 6 nitrogen and oxygen atoms in total. The van der Waals surface area contributed by atoms with Gasteiger partial charge < -0.3 is 9.47 Å². The summed E-state index contributed by atoms with van der Waals surface area (Å²) in [5.74, 6) is 2.18. The Morgan fingerprint density at radius 3 is 2.79 bits per heavy atom. The van der Waals surface area contributed by atoms with Crippen molar-refractivity contribution < 1.29 is 4.79 Å². The van der Waals surface area contributed by atoms with Crippen LogP contribution in [0.1, 0.15) is 70.2 Å². The summed E-state index contributed by atoms with van der Waals surface area (Å²) in [6.07, 6.45) is 6.60. The Morgan fingerprint density at radius 1 is 1.12 bits per heavy atom. The predicted molar refractivity (Wildman–Crippen MR) is 92.2 cm³/mol. The van der Waals surface area contributed by atoms with E-state index in [1.807, 2.05) is 18.7 Å². The molecule has 0 unspecified atom stereocenters. The number of likely N-dealkylation sites (tertiary alicyclic amines) is 1. The molecule has 0 spiro atoms. The third kappa shape index (κ3) is 2.64. The average molecular weight is 345 g/mol. The van der Waals surface area contributed by atoms with Crippen molar-refractivity contribution in [2.24, 2.45) is 0 Å². The topological polar surface area (TPSA) is 63.9 Å². The first-order valence-electron chi connectivity index (χ1n) is 8.82. The van der Waals surface area contributed by atoms with Gasteiger partial charge in [0.05, 0.1) is 16.7 Å². The van der Waals surface area contributed by atoms with Crippen LogP contribution in [0.5, 0.6) is 0 Å². The molecule has 24 heavy (non-hydrogen) atoms. The van der Waals surface area contributed by atoms with Crippen LogP contribution in [-0.2, 0) is 13.0 Å². The summed E-state index contributed by atoms with van der Waals surface area (Å²) >= 11 is 1.50. The first kappa shape index (κ1) is 15.7. The molecule has 0 N–H and O–H groups in total. The van der Waals surface area contributed by atoms with E-state index >= 15 is 0 Å². The number of hydrogen-bond acceptors (Lipinski definition) is 5. The Morgan fingerprint density at radius 2 is 2.00 bits per heavy atom. The largest absolute Gasteiger partial charge is 0.328 e. The molecule has 128 valence electrons. The zero-order valence-electron chi connectivity index (χ0n) is 14.3. The summed E-state index contributed by atoms with van der Waals surface area (Å²) in [7, 11) is 0. The Hall–Kier alpha value is -1.76. The second kappa shape index (κ2) is 6.27. The third-order valence-corrected chi connectivity index (χ3v) is 6.11. The number of carbonyl (C=O) groups excluding carboxylic acids is 1. The van der Waals surface area contributed by atoms with Crippen LogP contribution in [0.4, 0.5) is 0 Å². The monoisotopic (exact) mass is 345 g/mol. The van der Waals surface area contributed by atoms with Crippen LogP contribution in [0.15, 0.2) is 0 Å². The fourth-order valence-corrected chi connectivity index (χ4v) is 4.77. The molecule has 2 aromatic rings. The molecule has 1 fully saturated rings. The van der Waals surface area contributed by atoms with E-state index in [1.165, 1.54) is 30.6 Å². The molecule has 4 rings (SSSR count). The lowest BCUT2D eigenvalue weighted by Gasteiger charge is -2.24. The Balaban J connectivity index is 1.65. The van der Waals surface area contributed by atoms with Gasteiger partial charge in [-0.25, -0.2) is 4.98 Å². The van der Waals surface area contributed by atoms with E-state index in [1.54, 1.807) is 0 Å². The van der Waals surface area contributed by atoms with Crippen molar-refractivity contribution >= 4 is 17.2 Å². The molecule has 1 atom stereocenters. The van der Waals surface area contributed by atoms with Gasteiger partial charge in [0.25, 0.3) is 5.91 Å². The highest BCUT2D eigenvalue weighted by atomic mass is 32.1. The number of hydrogen-bond donors (Lipinski definition) is 0. The Kier molecular flexibility index (Phi) is 4.12. The lowest BCUT2D eigenvalue weighted by atomic mass is 10.2. The maximum absolute atomic E-state index is 13.1. The Bertz CT molecular complexity index is 765. The van der Waals surface area contributed by atoms with Crippen molar-refractivity contribution in [3.8, 4) is 0 Å². The van der Waals surface area contributed by atoms with Crippen molar-refractivity contribution in [1.29, 1.82) is 0 Å². The second-order valence-electron chi connectivity index (χ2n) is 6.74. The predicted octanol–water partition coefficient (Wildman–Crippen LogP) is 3.06. The summed E-state index contributed by atoms with van der Waals surface area (Å²) in [5, 5.41) is 9.84. The minimum atomic E-state index is 0.0543. The maximum Gasteiger partial charge on any atom is 0.266 e. The number of nitrogens with zero attached hydrogens (tertiary/aromatic N) is 5. The summed E-state index contributed by atoms with van der Waals surface area (Å²) in [5.41, 5.74) is 0.841. The van der Waals surface area contributed by atoms with E-state index in [-0.39, 0.29) is 11.9 Å². The highest BCUT2D eigenvalue weighted by molar-refractivity contribution is 7.13. The lowest BCUT2D eigenvalue weighted by molar-refractivity contribution is 0.0731. The van der Waals surface area contributed by atoms with Gasteiger partial charge in [-0.15, -0.1) is 21.5 Å². The number of thiazole rings is 1. The van der Waals surface area contributed by atoms with Crippen LogP contribution in [-0.4, -0.2) is 37.1 Å². The van der Waals surface area contributed by atoms with E-state index in [0.29, 0.717) is 0 Å². The van der Waals surface area contributed by atoms with Crippen LogP contribution in [0.3, 0.4) is 0 Å². The van der Waals surface area contributed by atoms with Crippen molar-refractivity contribution in [2.45, 2.75) is 65.0 Å². The van der Waals surface area contributed by atoms with Crippen molar-refractivity contribution in [2.75, 3.05) is 6.54 Å². The van der Waals surface area contributed by atoms with Gasteiger partial charge in [-0.3, -0.25) is 4.79 Å². The molecule has 0 aromatic carbocycles. The number of rotatable bonds is 2. The molecule has 1 saturated heterocycles. The van der Waals surface area contributed by atoms with E-state index in [0.717, 1.165) is 59.6 Å². The molecule has 4 heterocycles. The van der Waals surface area contributed by atoms with Crippen molar-refractivity contribution in [3.05, 3.63) is 27.2 Å². The van der Waals surface area contributed by atoms with Gasteiger partial charge in [0.1, 0.15) is 10.7 Å². The van der Waals surface area contributed by atoms with Crippen LogP contribution in [0.2, 0.25) is 0 Å². The standard InChI is InChI=1S/C17H23N5OS/c1-11-15(24-12(2)18-11)17(23)21-10-6-7-13(21)16-20-19-14-8-4-3-5-9-22(14)16/h13H,3-10H2,1-2H3/t13-/m0/s1. The van der Waals surface area contributed by atoms with Gasteiger partial charge >= 0.3 is 0 Å². The highest BCUT2D eigenvalue weighted by Crippen LogP contribution is 2.34. The SMILES string of the molecule is Cc1nc(C)c(C(=O)N2CCC[C@H]2c2nnc3n2CCCCC3)s1. The summed E-state index contributed by atoms with van der Waals surface area (Å²) < 4.78 is 2.27. The molecule has 0 aliphatic carbocycles. The Labute approximate surface area is 145 Å². The first-order valence-corrected chi connectivity index (χ1v) is 9.64. The van der Waals surface area contributed by atoms with Crippen LogP contribution >= 0.6 is 11.3 Å². The molecule has 2 aliphatic heterocycles. The van der Waals surface area contributed by atoms with Crippen LogP contribution in [0, 0.1) is 13.8 Å². The molecule has 7 heteroatoms. The minimum absolute atomic E-state index is 0.0543. The minimum Gasteiger partial charge on any atom is -0.328 e. The number of aryl methyl sites for hydroxylation is 3. The number of aromatic nitrogens is 4. The second-order valence-corrected chi connectivity index (χ2v) is 7.94. The molecule has 0 saturated carbocycles. The van der Waals surface area contributed by atoms with Crippen LogP contribution in [0.25, 0.3) is 0 Å². The zero-order valence-corrected chi connectivity index (χ0v) is 15.1. The van der Waals surface area contributed by atoms with Gasteiger partial charge in [0, 0.05) is 19.5 Å². The van der Waals surface area contributed by atoms with E-state index < -0.39 is 0 Å². The number of amides is 1. The lowest BCUT2D eigenvalue weighted by Crippen LogP contribution is -2.32. The van der Waals surface area contributed by atoms with Crippen molar-refractivity contribution in [1.82, 2.24) is 24.6 Å². The quantitative estimate of drug-likeness (QED) is 0.839. The fraction of sp³-hybridized carbons (Fsp3) is 0.647.